The Morgan fingerprint density at radius 2 is 2.12 bits per heavy atom. The van der Waals surface area contributed by atoms with Crippen LogP contribution >= 0.6 is 0 Å². The Bertz CT molecular complexity index is 373. The van der Waals surface area contributed by atoms with Crippen molar-refractivity contribution in [2.75, 3.05) is 11.9 Å². The van der Waals surface area contributed by atoms with Gasteiger partial charge in [0.15, 0.2) is 0 Å². The van der Waals surface area contributed by atoms with Crippen LogP contribution < -0.4 is 4.90 Å². The van der Waals surface area contributed by atoms with E-state index in [0.29, 0.717) is 11.5 Å². The number of hydrogen-bond acceptors (Lipinski definition) is 5. The Labute approximate surface area is 101 Å². The molecule has 0 aromatic carbocycles. The van der Waals surface area contributed by atoms with E-state index in [4.69, 9.17) is 5.11 Å². The van der Waals surface area contributed by atoms with Crippen LogP contribution in [0, 0.1) is 0 Å². The molecular weight excluding hydrogens is 218 g/mol. The van der Waals surface area contributed by atoms with E-state index in [2.05, 4.69) is 9.97 Å². The van der Waals surface area contributed by atoms with Gasteiger partial charge in [-0.1, -0.05) is 12.8 Å². The first-order valence-corrected chi connectivity index (χ1v) is 6.05. The molecule has 0 saturated heterocycles. The standard InChI is InChI=1S/C12H19N3O2/c1-15(10-4-2-3-5-11(10)17)12-7-13-6-9(8-16)14-12/h6-7,10-11,16-17H,2-5,8H2,1H3. The molecule has 1 aromatic rings. The molecule has 0 amide bonds. The van der Waals surface area contributed by atoms with E-state index < -0.39 is 0 Å². The highest BCUT2D eigenvalue weighted by Gasteiger charge is 2.27. The van der Waals surface area contributed by atoms with Crippen LogP contribution in [0.2, 0.25) is 0 Å². The minimum atomic E-state index is -0.298. The van der Waals surface area contributed by atoms with Crippen molar-refractivity contribution in [1.82, 2.24) is 9.97 Å². The largest absolute Gasteiger partial charge is 0.391 e. The summed E-state index contributed by atoms with van der Waals surface area (Å²) in [5, 5.41) is 19.0. The number of nitrogens with zero attached hydrogens (tertiary/aromatic N) is 3. The summed E-state index contributed by atoms with van der Waals surface area (Å²) in [7, 11) is 1.92. The lowest BCUT2D eigenvalue weighted by molar-refractivity contribution is 0.106. The zero-order chi connectivity index (χ0) is 12.3. The molecule has 0 spiro atoms. The zero-order valence-electron chi connectivity index (χ0n) is 10.1. The predicted octanol–water partition coefficient (Wildman–Crippen LogP) is 0.709. The topological polar surface area (TPSA) is 69.5 Å². The van der Waals surface area contributed by atoms with Crippen LogP contribution in [0.3, 0.4) is 0 Å². The van der Waals surface area contributed by atoms with E-state index in [1.54, 1.807) is 12.4 Å². The first kappa shape index (κ1) is 12.3. The number of aromatic nitrogens is 2. The van der Waals surface area contributed by atoms with Gasteiger partial charge in [0.25, 0.3) is 0 Å². The second-order valence-corrected chi connectivity index (χ2v) is 4.56. The molecule has 0 radical (unpaired) electrons. The fourth-order valence-electron chi connectivity index (χ4n) is 2.35. The molecule has 2 rings (SSSR count). The third-order valence-corrected chi connectivity index (χ3v) is 3.39. The molecular formula is C12H19N3O2. The summed E-state index contributed by atoms with van der Waals surface area (Å²) in [4.78, 5) is 10.3. The van der Waals surface area contributed by atoms with Crippen LogP contribution in [0.25, 0.3) is 0 Å². The number of aliphatic hydroxyl groups excluding tert-OH is 2. The van der Waals surface area contributed by atoms with Gasteiger partial charge in [0.2, 0.25) is 0 Å². The van der Waals surface area contributed by atoms with Gasteiger partial charge in [-0.2, -0.15) is 0 Å². The highest BCUT2D eigenvalue weighted by Crippen LogP contribution is 2.25. The number of likely N-dealkylation sites (N-methyl/N-ethyl adjacent to an activating group) is 1. The fourth-order valence-corrected chi connectivity index (χ4v) is 2.35. The van der Waals surface area contributed by atoms with Crippen molar-refractivity contribution < 1.29 is 10.2 Å². The van der Waals surface area contributed by atoms with Crippen LogP contribution in [0.5, 0.6) is 0 Å². The van der Waals surface area contributed by atoms with Crippen molar-refractivity contribution >= 4 is 5.82 Å². The average Bonchev–Trinajstić information content (AvgIpc) is 2.38. The first-order valence-electron chi connectivity index (χ1n) is 6.05. The fraction of sp³-hybridized carbons (Fsp3) is 0.667. The Kier molecular flexibility index (Phi) is 3.91. The van der Waals surface area contributed by atoms with Crippen molar-refractivity contribution in [2.24, 2.45) is 0 Å². The summed E-state index contributed by atoms with van der Waals surface area (Å²) >= 11 is 0. The lowest BCUT2D eigenvalue weighted by Crippen LogP contribution is -2.43. The van der Waals surface area contributed by atoms with Gasteiger partial charge in [0.05, 0.1) is 36.8 Å². The monoisotopic (exact) mass is 237 g/mol. The van der Waals surface area contributed by atoms with Crippen molar-refractivity contribution in [3.63, 3.8) is 0 Å². The number of hydrogen-bond donors (Lipinski definition) is 2. The molecule has 1 saturated carbocycles. The van der Waals surface area contributed by atoms with Crippen LogP contribution in [-0.4, -0.2) is 39.4 Å². The molecule has 17 heavy (non-hydrogen) atoms. The molecule has 5 nitrogen and oxygen atoms in total. The smallest absolute Gasteiger partial charge is 0.147 e. The lowest BCUT2D eigenvalue weighted by atomic mass is 9.92. The third kappa shape index (κ3) is 2.73. The first-order chi connectivity index (χ1) is 8.22. The van der Waals surface area contributed by atoms with Crippen LogP contribution in [-0.2, 0) is 6.61 Å². The van der Waals surface area contributed by atoms with Gasteiger partial charge < -0.3 is 15.1 Å². The molecule has 1 aromatic heterocycles. The number of aliphatic hydroxyl groups is 2. The Morgan fingerprint density at radius 3 is 2.82 bits per heavy atom. The van der Waals surface area contributed by atoms with E-state index in [0.717, 1.165) is 25.7 Å². The van der Waals surface area contributed by atoms with Crippen LogP contribution in [0.1, 0.15) is 31.4 Å². The van der Waals surface area contributed by atoms with Gasteiger partial charge in [-0.15, -0.1) is 0 Å². The van der Waals surface area contributed by atoms with E-state index in [1.165, 1.54) is 0 Å². The molecule has 0 aliphatic heterocycles. The second-order valence-electron chi connectivity index (χ2n) is 4.56. The number of rotatable bonds is 3. The second kappa shape index (κ2) is 5.42. The quantitative estimate of drug-likeness (QED) is 0.810. The highest BCUT2D eigenvalue weighted by molar-refractivity contribution is 5.37. The van der Waals surface area contributed by atoms with E-state index in [9.17, 15) is 5.11 Å². The predicted molar refractivity (Wildman–Crippen MR) is 64.6 cm³/mol. The van der Waals surface area contributed by atoms with E-state index in [-0.39, 0.29) is 18.8 Å². The highest BCUT2D eigenvalue weighted by atomic mass is 16.3. The van der Waals surface area contributed by atoms with Gasteiger partial charge in [0, 0.05) is 7.05 Å². The van der Waals surface area contributed by atoms with E-state index in [1.807, 2.05) is 11.9 Å². The molecule has 1 aliphatic rings. The molecule has 2 unspecified atom stereocenters. The lowest BCUT2D eigenvalue weighted by Gasteiger charge is -2.35. The minimum absolute atomic E-state index is 0.104. The Balaban J connectivity index is 2.14. The molecule has 1 fully saturated rings. The summed E-state index contributed by atoms with van der Waals surface area (Å²) in [5.74, 6) is 0.711. The van der Waals surface area contributed by atoms with Crippen molar-refractivity contribution in [2.45, 2.75) is 44.4 Å². The van der Waals surface area contributed by atoms with Crippen molar-refractivity contribution in [3.8, 4) is 0 Å². The summed E-state index contributed by atoms with van der Waals surface area (Å²) in [5.41, 5.74) is 0.555. The molecule has 2 atom stereocenters. The van der Waals surface area contributed by atoms with Gasteiger partial charge in [-0.25, -0.2) is 4.98 Å². The molecule has 5 heteroatoms. The van der Waals surface area contributed by atoms with Crippen LogP contribution in [0.4, 0.5) is 5.82 Å². The summed E-state index contributed by atoms with van der Waals surface area (Å²) in [6.07, 6.45) is 6.97. The maximum absolute atomic E-state index is 9.99. The minimum Gasteiger partial charge on any atom is -0.391 e. The van der Waals surface area contributed by atoms with Gasteiger partial charge in [-0.3, -0.25) is 4.98 Å². The Hall–Kier alpha value is -1.20. The third-order valence-electron chi connectivity index (χ3n) is 3.39. The van der Waals surface area contributed by atoms with E-state index >= 15 is 0 Å². The average molecular weight is 237 g/mol. The van der Waals surface area contributed by atoms with Gasteiger partial charge in [0.1, 0.15) is 5.82 Å². The molecule has 1 aliphatic carbocycles. The normalized spacial score (nSPS) is 24.6. The maximum Gasteiger partial charge on any atom is 0.147 e. The van der Waals surface area contributed by atoms with Gasteiger partial charge in [-0.05, 0) is 12.8 Å². The van der Waals surface area contributed by atoms with Crippen molar-refractivity contribution in [1.29, 1.82) is 0 Å². The summed E-state index contributed by atoms with van der Waals surface area (Å²) < 4.78 is 0. The Morgan fingerprint density at radius 1 is 1.35 bits per heavy atom. The molecule has 1 heterocycles. The zero-order valence-corrected chi connectivity index (χ0v) is 10.1. The molecule has 94 valence electrons. The SMILES string of the molecule is CN(c1cncc(CO)n1)C1CCCCC1O. The summed E-state index contributed by atoms with van der Waals surface area (Å²) in [6.45, 7) is -0.109. The van der Waals surface area contributed by atoms with Crippen molar-refractivity contribution in [3.05, 3.63) is 18.1 Å². The molecule has 2 N–H and O–H groups in total. The number of anilines is 1. The molecule has 0 bridgehead atoms. The summed E-state index contributed by atoms with van der Waals surface area (Å²) in [6, 6.07) is 0.104. The van der Waals surface area contributed by atoms with Gasteiger partial charge >= 0.3 is 0 Å². The maximum atomic E-state index is 9.99. The van der Waals surface area contributed by atoms with Crippen LogP contribution in [0.15, 0.2) is 12.4 Å².